The number of thioether (sulfide) groups is 1. The molecule has 0 fully saturated rings. The summed E-state index contributed by atoms with van der Waals surface area (Å²) in [6.45, 7) is 1.17. The van der Waals surface area contributed by atoms with Crippen molar-refractivity contribution >= 4 is 46.0 Å². The molecular weight excluding hydrogens is 428 g/mol. The molecule has 0 radical (unpaired) electrons. The van der Waals surface area contributed by atoms with Crippen LogP contribution in [0.1, 0.15) is 15.3 Å². The van der Waals surface area contributed by atoms with E-state index in [-0.39, 0.29) is 17.3 Å². The van der Waals surface area contributed by atoms with E-state index in [2.05, 4.69) is 0 Å². The number of thiophene rings is 2. The second kappa shape index (κ2) is 10.4. The first-order valence-electron chi connectivity index (χ1n) is 8.78. The fraction of sp³-hybridized carbons (Fsp3) is 0.250. The summed E-state index contributed by atoms with van der Waals surface area (Å²) >= 11 is 4.73. The summed E-state index contributed by atoms with van der Waals surface area (Å²) in [6.07, 6.45) is 0. The normalized spacial score (nSPS) is 10.7. The zero-order chi connectivity index (χ0) is 20.6. The highest BCUT2D eigenvalue weighted by atomic mass is 32.2. The van der Waals surface area contributed by atoms with Gasteiger partial charge in [0.2, 0.25) is 5.91 Å². The van der Waals surface area contributed by atoms with E-state index in [0.717, 1.165) is 15.3 Å². The summed E-state index contributed by atoms with van der Waals surface area (Å²) in [5.41, 5.74) is 0.729. The molecule has 0 aliphatic carbocycles. The van der Waals surface area contributed by atoms with Gasteiger partial charge in [0.1, 0.15) is 0 Å². The van der Waals surface area contributed by atoms with E-state index in [0.29, 0.717) is 24.6 Å². The molecular formula is C20H20N2O4S3. The highest BCUT2D eigenvalue weighted by Gasteiger charge is 2.18. The SMILES string of the molecule is COc1ccc(CSCC(=O)N(Cc2cccs2)Cc2cccs2)cc1[N+](=O)[O-]. The maximum Gasteiger partial charge on any atom is 0.311 e. The third-order valence-electron chi connectivity index (χ3n) is 4.14. The van der Waals surface area contributed by atoms with Crippen molar-refractivity contribution in [1.82, 2.24) is 4.90 Å². The van der Waals surface area contributed by atoms with Crippen LogP contribution in [0.5, 0.6) is 5.75 Å². The van der Waals surface area contributed by atoms with Crippen molar-refractivity contribution in [1.29, 1.82) is 0 Å². The molecule has 29 heavy (non-hydrogen) atoms. The number of amides is 1. The van der Waals surface area contributed by atoms with Gasteiger partial charge in [0.25, 0.3) is 0 Å². The highest BCUT2D eigenvalue weighted by molar-refractivity contribution is 7.99. The number of benzene rings is 1. The van der Waals surface area contributed by atoms with Crippen molar-refractivity contribution in [3.05, 3.63) is 78.7 Å². The summed E-state index contributed by atoms with van der Waals surface area (Å²) in [5.74, 6) is 1.12. The van der Waals surface area contributed by atoms with Crippen molar-refractivity contribution in [2.24, 2.45) is 0 Å². The van der Waals surface area contributed by atoms with E-state index in [1.807, 2.05) is 39.9 Å². The highest BCUT2D eigenvalue weighted by Crippen LogP contribution is 2.29. The predicted octanol–water partition coefficient (Wildman–Crippen LogP) is 5.19. The van der Waals surface area contributed by atoms with Gasteiger partial charge in [-0.15, -0.1) is 34.4 Å². The van der Waals surface area contributed by atoms with Crippen LogP contribution >= 0.6 is 34.4 Å². The molecule has 9 heteroatoms. The standard InChI is InChI=1S/C20H20N2O4S3/c1-26-19-7-6-15(10-18(19)22(24)25)13-27-14-20(23)21(11-16-4-2-8-28-16)12-17-5-3-9-29-17/h2-10H,11-14H2,1H3. The number of nitro benzene ring substituents is 1. The summed E-state index contributed by atoms with van der Waals surface area (Å²) in [6, 6.07) is 12.9. The molecule has 0 saturated heterocycles. The molecule has 0 atom stereocenters. The largest absolute Gasteiger partial charge is 0.490 e. The topological polar surface area (TPSA) is 72.7 Å². The van der Waals surface area contributed by atoms with Crippen molar-refractivity contribution in [2.75, 3.05) is 12.9 Å². The number of hydrogen-bond acceptors (Lipinski definition) is 7. The Labute approximate surface area is 181 Å². The minimum Gasteiger partial charge on any atom is -0.490 e. The summed E-state index contributed by atoms with van der Waals surface area (Å²) in [5, 5.41) is 15.2. The molecule has 0 bridgehead atoms. The molecule has 3 rings (SSSR count). The van der Waals surface area contributed by atoms with E-state index in [1.165, 1.54) is 24.9 Å². The number of ether oxygens (including phenoxy) is 1. The van der Waals surface area contributed by atoms with E-state index in [9.17, 15) is 14.9 Å². The number of rotatable bonds is 10. The Balaban J connectivity index is 1.61. The Morgan fingerprint density at radius 2 is 1.79 bits per heavy atom. The van der Waals surface area contributed by atoms with E-state index >= 15 is 0 Å². The number of carbonyl (C=O) groups is 1. The van der Waals surface area contributed by atoms with Gasteiger partial charge in [0, 0.05) is 21.6 Å². The maximum atomic E-state index is 12.8. The van der Waals surface area contributed by atoms with Crippen molar-refractivity contribution in [2.45, 2.75) is 18.8 Å². The quantitative estimate of drug-likeness (QED) is 0.315. The number of carbonyl (C=O) groups excluding carboxylic acids is 1. The minimum atomic E-state index is -0.456. The minimum absolute atomic E-state index is 0.0554. The molecule has 0 saturated carbocycles. The molecule has 2 heterocycles. The van der Waals surface area contributed by atoms with Crippen LogP contribution in [0.3, 0.4) is 0 Å². The zero-order valence-electron chi connectivity index (χ0n) is 15.8. The molecule has 1 aromatic carbocycles. The van der Waals surface area contributed by atoms with Gasteiger partial charge in [-0.1, -0.05) is 18.2 Å². The summed E-state index contributed by atoms with van der Waals surface area (Å²) < 4.78 is 5.03. The van der Waals surface area contributed by atoms with Crippen LogP contribution < -0.4 is 4.74 Å². The molecule has 2 aromatic heterocycles. The predicted molar refractivity (Wildman–Crippen MR) is 119 cm³/mol. The zero-order valence-corrected chi connectivity index (χ0v) is 18.2. The van der Waals surface area contributed by atoms with Gasteiger partial charge in [0.05, 0.1) is 30.9 Å². The Bertz CT molecular complexity index is 907. The molecule has 0 unspecified atom stereocenters. The van der Waals surface area contributed by atoms with Gasteiger partial charge in [-0.25, -0.2) is 0 Å². The molecule has 1 amide bonds. The van der Waals surface area contributed by atoms with Gasteiger partial charge in [-0.3, -0.25) is 14.9 Å². The van der Waals surface area contributed by atoms with Gasteiger partial charge in [-0.05, 0) is 34.5 Å². The first-order chi connectivity index (χ1) is 14.1. The first kappa shape index (κ1) is 21.4. The van der Waals surface area contributed by atoms with Crippen LogP contribution in [0.25, 0.3) is 0 Å². The molecule has 6 nitrogen and oxygen atoms in total. The second-order valence-corrected chi connectivity index (χ2v) is 9.21. The molecule has 152 valence electrons. The van der Waals surface area contributed by atoms with Crippen LogP contribution in [-0.2, 0) is 23.6 Å². The lowest BCUT2D eigenvalue weighted by atomic mass is 10.2. The number of hydrogen-bond donors (Lipinski definition) is 0. The average molecular weight is 449 g/mol. The van der Waals surface area contributed by atoms with Gasteiger partial charge in [0.15, 0.2) is 5.75 Å². The number of methoxy groups -OCH3 is 1. The fourth-order valence-corrected chi connectivity index (χ4v) is 5.04. The molecule has 0 aliphatic heterocycles. The third-order valence-corrected chi connectivity index (χ3v) is 6.85. The smallest absolute Gasteiger partial charge is 0.311 e. The molecule has 0 N–H and O–H groups in total. The second-order valence-electron chi connectivity index (χ2n) is 6.16. The lowest BCUT2D eigenvalue weighted by molar-refractivity contribution is -0.385. The van der Waals surface area contributed by atoms with E-state index < -0.39 is 4.92 Å². The van der Waals surface area contributed by atoms with Crippen molar-refractivity contribution in [3.63, 3.8) is 0 Å². The monoisotopic (exact) mass is 448 g/mol. The van der Waals surface area contributed by atoms with E-state index in [4.69, 9.17) is 4.74 Å². The van der Waals surface area contributed by atoms with Crippen LogP contribution in [0, 0.1) is 10.1 Å². The Morgan fingerprint density at radius 1 is 1.14 bits per heavy atom. The summed E-state index contributed by atoms with van der Waals surface area (Å²) in [4.78, 5) is 27.7. The van der Waals surface area contributed by atoms with Crippen LogP contribution in [-0.4, -0.2) is 28.6 Å². The Hall–Kier alpha value is -2.36. The number of nitrogens with zero attached hydrogens (tertiary/aromatic N) is 2. The van der Waals surface area contributed by atoms with Gasteiger partial charge >= 0.3 is 5.69 Å². The Morgan fingerprint density at radius 3 is 2.31 bits per heavy atom. The van der Waals surface area contributed by atoms with Crippen molar-refractivity contribution < 1.29 is 14.5 Å². The van der Waals surface area contributed by atoms with E-state index in [1.54, 1.807) is 34.8 Å². The maximum absolute atomic E-state index is 12.8. The third kappa shape index (κ3) is 6.06. The summed E-state index contributed by atoms with van der Waals surface area (Å²) in [7, 11) is 1.41. The Kier molecular flexibility index (Phi) is 7.68. The van der Waals surface area contributed by atoms with Gasteiger partial charge in [-0.2, -0.15) is 0 Å². The molecule has 0 spiro atoms. The van der Waals surface area contributed by atoms with Crippen molar-refractivity contribution in [3.8, 4) is 5.75 Å². The number of nitro groups is 1. The van der Waals surface area contributed by atoms with Crippen LogP contribution in [0.4, 0.5) is 5.69 Å². The average Bonchev–Trinajstić information content (AvgIpc) is 3.41. The van der Waals surface area contributed by atoms with Crippen LogP contribution in [0.2, 0.25) is 0 Å². The lowest BCUT2D eigenvalue weighted by Gasteiger charge is -2.21. The fourth-order valence-electron chi connectivity index (χ4n) is 2.73. The van der Waals surface area contributed by atoms with Gasteiger partial charge < -0.3 is 9.64 Å². The first-order valence-corrected chi connectivity index (χ1v) is 11.7. The van der Waals surface area contributed by atoms with Crippen LogP contribution in [0.15, 0.2) is 53.2 Å². The molecule has 0 aliphatic rings. The molecule has 3 aromatic rings. The lowest BCUT2D eigenvalue weighted by Crippen LogP contribution is -2.31.